The van der Waals surface area contributed by atoms with Gasteiger partial charge in [0.25, 0.3) is 0 Å². The Morgan fingerprint density at radius 1 is 1.03 bits per heavy atom. The van der Waals surface area contributed by atoms with Crippen molar-refractivity contribution in [2.45, 2.75) is 35.9 Å². The molecule has 1 saturated heterocycles. The Kier molecular flexibility index (Phi) is 7.77. The van der Waals surface area contributed by atoms with E-state index in [9.17, 15) is 13.5 Å². The minimum Gasteiger partial charge on any atom is -0.443 e. The first kappa shape index (κ1) is 26.6. The predicted octanol–water partition coefficient (Wildman–Crippen LogP) is 3.69. The van der Waals surface area contributed by atoms with Crippen molar-refractivity contribution < 1.29 is 27.4 Å². The Hall–Kier alpha value is -4.01. The summed E-state index contributed by atoms with van der Waals surface area (Å²) >= 11 is 0. The standard InChI is InChI=1S/C29H27N3O6S/c30-39(34,35)24-11-9-22(10-12-24)28-27(31-20-38-28)25(21-5-2-1-3-6-21)13-16-37-19-23-7-4-8-26(32-23)29(33)14-17-36-18-15-29/h1-12,20,25,33H,14-15,17-19H2,(H2,30,34,35). The molecule has 1 aliphatic rings. The lowest BCUT2D eigenvalue weighted by Crippen LogP contribution is -2.34. The highest BCUT2D eigenvalue weighted by molar-refractivity contribution is 7.89. The minimum absolute atomic E-state index is 0.00161. The van der Waals surface area contributed by atoms with Crippen LogP contribution in [0.5, 0.6) is 0 Å². The molecule has 1 aliphatic heterocycles. The Bertz CT molecular complexity index is 1590. The van der Waals surface area contributed by atoms with Crippen molar-refractivity contribution in [1.29, 1.82) is 0 Å². The van der Waals surface area contributed by atoms with Crippen LogP contribution in [0, 0.1) is 12.0 Å². The van der Waals surface area contributed by atoms with Crippen LogP contribution in [0.2, 0.25) is 0 Å². The Morgan fingerprint density at radius 2 is 1.77 bits per heavy atom. The monoisotopic (exact) mass is 545 g/mol. The van der Waals surface area contributed by atoms with Crippen molar-refractivity contribution in [3.8, 4) is 23.4 Å². The molecule has 0 amide bonds. The zero-order chi connectivity index (χ0) is 27.3. The number of hydrogen-bond donors (Lipinski definition) is 2. The maximum absolute atomic E-state index is 11.6. The van der Waals surface area contributed by atoms with Crippen molar-refractivity contribution in [3.63, 3.8) is 0 Å². The number of rotatable bonds is 7. The van der Waals surface area contributed by atoms with E-state index in [1.165, 1.54) is 18.5 Å². The van der Waals surface area contributed by atoms with Crippen LogP contribution >= 0.6 is 0 Å². The van der Waals surface area contributed by atoms with Gasteiger partial charge < -0.3 is 19.0 Å². The van der Waals surface area contributed by atoms with Crippen LogP contribution in [0.1, 0.15) is 41.4 Å². The highest BCUT2D eigenvalue weighted by Gasteiger charge is 2.33. The average molecular weight is 546 g/mol. The first-order chi connectivity index (χ1) is 18.8. The summed E-state index contributed by atoms with van der Waals surface area (Å²) in [5, 5.41) is 16.2. The topological polar surface area (TPSA) is 138 Å². The number of sulfonamides is 1. The number of oxazole rings is 1. The maximum atomic E-state index is 11.6. The largest absolute Gasteiger partial charge is 0.443 e. The van der Waals surface area contributed by atoms with Crippen molar-refractivity contribution in [3.05, 3.63) is 102 Å². The van der Waals surface area contributed by atoms with Gasteiger partial charge in [0.2, 0.25) is 10.0 Å². The number of aliphatic hydroxyl groups is 1. The Morgan fingerprint density at radius 3 is 2.49 bits per heavy atom. The fraction of sp³-hybridized carbons (Fsp3) is 0.241. The molecule has 39 heavy (non-hydrogen) atoms. The molecule has 10 heteroatoms. The third-order valence-corrected chi connectivity index (χ3v) is 7.47. The minimum atomic E-state index is -3.82. The molecule has 2 aromatic carbocycles. The molecule has 1 unspecified atom stereocenters. The number of hydrogen-bond acceptors (Lipinski definition) is 8. The molecular weight excluding hydrogens is 518 g/mol. The van der Waals surface area contributed by atoms with Crippen LogP contribution < -0.4 is 5.14 Å². The van der Waals surface area contributed by atoms with Gasteiger partial charge in [-0.25, -0.2) is 18.5 Å². The van der Waals surface area contributed by atoms with Crippen molar-refractivity contribution in [1.82, 2.24) is 9.97 Å². The van der Waals surface area contributed by atoms with Gasteiger partial charge in [-0.2, -0.15) is 0 Å². The molecule has 0 radical (unpaired) electrons. The van der Waals surface area contributed by atoms with Crippen molar-refractivity contribution >= 4 is 10.0 Å². The fourth-order valence-corrected chi connectivity index (χ4v) is 4.94. The van der Waals surface area contributed by atoms with Crippen LogP contribution in [0.4, 0.5) is 0 Å². The van der Waals surface area contributed by atoms with E-state index in [2.05, 4.69) is 22.0 Å². The van der Waals surface area contributed by atoms with Gasteiger partial charge in [-0.3, -0.25) is 4.98 Å². The van der Waals surface area contributed by atoms with E-state index in [1.807, 2.05) is 48.5 Å². The zero-order valence-electron chi connectivity index (χ0n) is 21.0. The molecular formula is C29H27N3O6S. The molecule has 0 saturated carbocycles. The smallest absolute Gasteiger partial charge is 0.238 e. The van der Waals surface area contributed by atoms with Gasteiger partial charge in [0.1, 0.15) is 24.0 Å². The van der Waals surface area contributed by atoms with E-state index in [-0.39, 0.29) is 11.5 Å². The molecule has 3 N–H and O–H groups in total. The quantitative estimate of drug-likeness (QED) is 0.336. The van der Waals surface area contributed by atoms with Crippen LogP contribution in [-0.4, -0.2) is 36.7 Å². The number of primary sulfonamides is 1. The summed E-state index contributed by atoms with van der Waals surface area (Å²) < 4.78 is 40.0. The highest BCUT2D eigenvalue weighted by atomic mass is 32.2. The van der Waals surface area contributed by atoms with Gasteiger partial charge in [-0.1, -0.05) is 36.4 Å². The molecule has 0 bridgehead atoms. The Labute approximate surface area is 226 Å². The molecule has 2 aromatic heterocycles. The molecule has 0 spiro atoms. The van der Waals surface area contributed by atoms with Crippen LogP contribution in [0.15, 0.2) is 88.5 Å². The van der Waals surface area contributed by atoms with Crippen molar-refractivity contribution in [2.75, 3.05) is 13.2 Å². The second kappa shape index (κ2) is 11.4. The summed E-state index contributed by atoms with van der Waals surface area (Å²) in [6.45, 7) is 1.12. The van der Waals surface area contributed by atoms with Crippen molar-refractivity contribution in [2.24, 2.45) is 5.14 Å². The third-order valence-electron chi connectivity index (χ3n) is 6.55. The van der Waals surface area contributed by atoms with E-state index in [1.54, 1.807) is 12.1 Å². The number of nitrogens with zero attached hydrogens (tertiary/aromatic N) is 2. The van der Waals surface area contributed by atoms with Gasteiger partial charge >= 0.3 is 0 Å². The second-order valence-electron chi connectivity index (χ2n) is 9.17. The molecule has 5 rings (SSSR count). The lowest BCUT2D eigenvalue weighted by atomic mass is 9.90. The summed E-state index contributed by atoms with van der Waals surface area (Å²) in [5.41, 5.74) is 2.31. The second-order valence-corrected chi connectivity index (χ2v) is 10.7. The predicted molar refractivity (Wildman–Crippen MR) is 142 cm³/mol. The van der Waals surface area contributed by atoms with Gasteiger partial charge in [-0.05, 0) is 47.9 Å². The van der Waals surface area contributed by atoms with E-state index in [0.717, 1.165) is 5.56 Å². The molecule has 4 aromatic rings. The highest BCUT2D eigenvalue weighted by Crippen LogP contribution is 2.33. The summed E-state index contributed by atoms with van der Waals surface area (Å²) in [4.78, 5) is 9.03. The summed E-state index contributed by atoms with van der Waals surface area (Å²) in [6, 6.07) is 21.1. The molecule has 1 atom stereocenters. The van der Waals surface area contributed by atoms with E-state index in [0.29, 0.717) is 54.5 Å². The van der Waals surface area contributed by atoms with Gasteiger partial charge in [0.15, 0.2) is 12.2 Å². The SMILES string of the molecule is NS(=O)(=O)c1ccc(-c2ocnc2C(C#COCc2cccc(C3(O)CCOCC3)n2)c2ccccc2)cc1. The van der Waals surface area contributed by atoms with Crippen LogP contribution in [0.25, 0.3) is 11.3 Å². The van der Waals surface area contributed by atoms with E-state index < -0.39 is 21.5 Å². The molecule has 1 fully saturated rings. The third kappa shape index (κ3) is 6.19. The summed E-state index contributed by atoms with van der Waals surface area (Å²) in [6.07, 6.45) is 5.10. The summed E-state index contributed by atoms with van der Waals surface area (Å²) in [7, 11) is -3.82. The number of benzene rings is 2. The first-order valence-electron chi connectivity index (χ1n) is 12.3. The number of pyridine rings is 1. The van der Waals surface area contributed by atoms with Crippen LogP contribution in [-0.2, 0) is 31.7 Å². The molecule has 200 valence electrons. The average Bonchev–Trinajstić information content (AvgIpc) is 3.43. The number of nitrogens with two attached hydrogens (primary N) is 1. The van der Waals surface area contributed by atoms with Gasteiger partial charge in [0.05, 0.1) is 22.2 Å². The zero-order valence-corrected chi connectivity index (χ0v) is 21.8. The van der Waals surface area contributed by atoms with Gasteiger partial charge in [0, 0.05) is 31.6 Å². The van der Waals surface area contributed by atoms with E-state index >= 15 is 0 Å². The number of aromatic nitrogens is 2. The molecule has 9 nitrogen and oxygen atoms in total. The van der Waals surface area contributed by atoms with Crippen LogP contribution in [0.3, 0.4) is 0 Å². The molecule has 3 heterocycles. The normalized spacial score (nSPS) is 15.6. The maximum Gasteiger partial charge on any atom is 0.238 e. The number of ether oxygens (including phenoxy) is 2. The molecule has 0 aliphatic carbocycles. The summed E-state index contributed by atoms with van der Waals surface area (Å²) in [5.74, 6) is 3.11. The fourth-order valence-electron chi connectivity index (χ4n) is 4.42. The Balaban J connectivity index is 1.38. The van der Waals surface area contributed by atoms with Gasteiger partial charge in [-0.15, -0.1) is 0 Å². The lowest BCUT2D eigenvalue weighted by Gasteiger charge is -2.31. The first-order valence-corrected chi connectivity index (χ1v) is 13.9. The van der Waals surface area contributed by atoms with E-state index in [4.69, 9.17) is 19.0 Å². The lowest BCUT2D eigenvalue weighted by molar-refractivity contribution is -0.0707.